The fraction of sp³-hybridized carbons (Fsp3) is 0.486. The Morgan fingerprint density at radius 3 is 2.46 bits per heavy atom. The van der Waals surface area contributed by atoms with Crippen molar-refractivity contribution in [2.45, 2.75) is 30.9 Å². The standard InChI is InChI=1S/C32H37F2N9O4S.C3H9N/c1-48-23-4-5-27(47-32(33)34)24(17-23)30-25(37-31(46)26-18-35-28-3-2-8-36-43(26)28)20-42(38-30)21-29(45)41-9-6-22(7-10-41)19-40-13-11-39(12-14-40)15-16-44;1-4(2)3/h2-5,8,16-18,20,22,32H,6-7,9-15,19,21H2,1H3,(H,37,46);1-3H3. The van der Waals surface area contributed by atoms with Crippen molar-refractivity contribution in [3.8, 4) is 17.0 Å². The molecule has 1 N–H and O–H groups in total. The van der Waals surface area contributed by atoms with E-state index >= 15 is 0 Å². The number of rotatable bonds is 12. The SMILES string of the molecule is CN(C)C.CSc1ccc(OC(F)F)c(-c2nn(CC(=O)N3CCC(CN4CCN(CC=O)CC4)CC3)cc2NC(=O)c2cnc3cccnn23)c1. The topological polar surface area (TPSA) is 133 Å². The predicted octanol–water partition coefficient (Wildman–Crippen LogP) is 3.40. The Balaban J connectivity index is 0.00000124. The van der Waals surface area contributed by atoms with Gasteiger partial charge in [-0.1, -0.05) is 0 Å². The number of anilines is 1. The summed E-state index contributed by atoms with van der Waals surface area (Å²) in [6.07, 6.45) is 9.02. The summed E-state index contributed by atoms with van der Waals surface area (Å²) in [4.78, 5) is 51.1. The van der Waals surface area contributed by atoms with E-state index in [0.717, 1.165) is 56.7 Å². The zero-order valence-corrected chi connectivity index (χ0v) is 30.8. The molecule has 6 rings (SSSR count). The summed E-state index contributed by atoms with van der Waals surface area (Å²) in [7, 11) is 6.00. The molecule has 17 heteroatoms. The average molecular weight is 741 g/mol. The minimum atomic E-state index is -3.08. The maximum atomic E-state index is 13.5. The number of carbonyl (C=O) groups excluding carboxylic acids is 3. The number of carbonyl (C=O) groups is 3. The Morgan fingerprint density at radius 1 is 1.08 bits per heavy atom. The normalized spacial score (nSPS) is 15.9. The number of benzene rings is 1. The zero-order valence-electron chi connectivity index (χ0n) is 30.0. The van der Waals surface area contributed by atoms with Gasteiger partial charge in [0.05, 0.1) is 18.4 Å². The second kappa shape index (κ2) is 18.3. The molecule has 0 aliphatic carbocycles. The van der Waals surface area contributed by atoms with E-state index in [0.29, 0.717) is 31.2 Å². The fourth-order valence-corrected chi connectivity index (χ4v) is 6.65. The van der Waals surface area contributed by atoms with E-state index in [4.69, 9.17) is 4.74 Å². The van der Waals surface area contributed by atoms with Gasteiger partial charge in [0.1, 0.15) is 24.3 Å². The number of halogens is 2. The number of piperazine rings is 1. The van der Waals surface area contributed by atoms with Gasteiger partial charge in [0.2, 0.25) is 5.91 Å². The molecule has 3 aromatic heterocycles. The second-order valence-corrected chi connectivity index (χ2v) is 14.0. The minimum absolute atomic E-state index is 0.101. The number of alkyl halides is 2. The molecule has 5 heterocycles. The van der Waals surface area contributed by atoms with E-state index in [1.807, 2.05) is 37.2 Å². The number of imidazole rings is 1. The van der Waals surface area contributed by atoms with Gasteiger partial charge in [0, 0.05) is 68.7 Å². The van der Waals surface area contributed by atoms with Crippen LogP contribution in [-0.2, 0) is 16.1 Å². The van der Waals surface area contributed by atoms with E-state index in [-0.39, 0.29) is 40.8 Å². The Bertz CT molecular complexity index is 1800. The van der Waals surface area contributed by atoms with Crippen molar-refractivity contribution in [2.24, 2.45) is 5.92 Å². The summed E-state index contributed by atoms with van der Waals surface area (Å²) >= 11 is 1.41. The van der Waals surface area contributed by atoms with Gasteiger partial charge in [-0.2, -0.15) is 19.0 Å². The number of hydrogen-bond acceptors (Lipinski definition) is 11. The van der Waals surface area contributed by atoms with Gasteiger partial charge in [0.25, 0.3) is 5.91 Å². The molecular weight excluding hydrogens is 695 g/mol. The monoisotopic (exact) mass is 740 g/mol. The molecule has 52 heavy (non-hydrogen) atoms. The molecule has 2 fully saturated rings. The van der Waals surface area contributed by atoms with Crippen LogP contribution < -0.4 is 10.1 Å². The summed E-state index contributed by atoms with van der Waals surface area (Å²) in [6.45, 7) is 3.16. The van der Waals surface area contributed by atoms with Crippen LogP contribution in [0, 0.1) is 5.92 Å². The van der Waals surface area contributed by atoms with E-state index in [9.17, 15) is 23.2 Å². The quantitative estimate of drug-likeness (QED) is 0.169. The first-order valence-electron chi connectivity index (χ1n) is 17.1. The Hall–Kier alpha value is -4.45. The van der Waals surface area contributed by atoms with Crippen LogP contribution >= 0.6 is 11.8 Å². The molecule has 14 nitrogen and oxygen atoms in total. The van der Waals surface area contributed by atoms with Gasteiger partial charge >= 0.3 is 6.61 Å². The highest BCUT2D eigenvalue weighted by Gasteiger charge is 2.27. The Labute approximate surface area is 306 Å². The molecule has 2 amide bonds. The number of likely N-dealkylation sites (tertiary alicyclic amines) is 1. The molecule has 0 saturated carbocycles. The highest BCUT2D eigenvalue weighted by Crippen LogP contribution is 2.38. The number of hydrogen-bond donors (Lipinski definition) is 1. The largest absolute Gasteiger partial charge is 0.434 e. The van der Waals surface area contributed by atoms with E-state index in [1.165, 1.54) is 45.6 Å². The van der Waals surface area contributed by atoms with Crippen molar-refractivity contribution in [3.63, 3.8) is 0 Å². The molecule has 280 valence electrons. The molecule has 1 aromatic carbocycles. The average Bonchev–Trinajstić information content (AvgIpc) is 3.73. The molecule has 0 spiro atoms. The van der Waals surface area contributed by atoms with E-state index < -0.39 is 12.5 Å². The Morgan fingerprint density at radius 2 is 1.79 bits per heavy atom. The summed E-state index contributed by atoms with van der Waals surface area (Å²) in [5.41, 5.74) is 1.27. The molecule has 2 aliphatic rings. The van der Waals surface area contributed by atoms with Gasteiger partial charge in [-0.3, -0.25) is 19.2 Å². The van der Waals surface area contributed by atoms with Crippen LogP contribution in [0.15, 0.2) is 53.8 Å². The first-order valence-corrected chi connectivity index (χ1v) is 18.3. The number of thioether (sulfide) groups is 1. The molecule has 0 radical (unpaired) electrons. The van der Waals surface area contributed by atoms with Crippen molar-refractivity contribution < 1.29 is 27.9 Å². The number of fused-ring (bicyclic) bond motifs is 1. The summed E-state index contributed by atoms with van der Waals surface area (Å²) in [5.74, 6) is -0.303. The maximum Gasteiger partial charge on any atom is 0.387 e. The van der Waals surface area contributed by atoms with Crippen molar-refractivity contribution in [3.05, 3.63) is 54.6 Å². The summed E-state index contributed by atoms with van der Waals surface area (Å²) in [6, 6.07) is 8.17. The molecule has 2 saturated heterocycles. The van der Waals surface area contributed by atoms with Crippen LogP contribution in [0.25, 0.3) is 16.9 Å². The van der Waals surface area contributed by atoms with Crippen molar-refractivity contribution in [1.82, 2.24) is 44.0 Å². The minimum Gasteiger partial charge on any atom is -0.434 e. The first kappa shape index (κ1) is 38.8. The first-order chi connectivity index (χ1) is 25.0. The second-order valence-electron chi connectivity index (χ2n) is 13.2. The lowest BCUT2D eigenvalue weighted by atomic mass is 9.96. The highest BCUT2D eigenvalue weighted by molar-refractivity contribution is 7.98. The summed E-state index contributed by atoms with van der Waals surface area (Å²) in [5, 5.41) is 11.6. The summed E-state index contributed by atoms with van der Waals surface area (Å²) < 4.78 is 34.5. The maximum absolute atomic E-state index is 13.5. The van der Waals surface area contributed by atoms with Crippen LogP contribution in [0.4, 0.5) is 14.5 Å². The number of amides is 2. The number of nitrogens with zero attached hydrogens (tertiary/aromatic N) is 9. The molecule has 4 aromatic rings. The van der Waals surface area contributed by atoms with Crippen LogP contribution in [0.3, 0.4) is 0 Å². The third-order valence-corrected chi connectivity index (χ3v) is 9.48. The number of ether oxygens (including phenoxy) is 1. The van der Waals surface area contributed by atoms with Crippen molar-refractivity contribution >= 4 is 41.2 Å². The molecule has 0 bridgehead atoms. The number of aldehydes is 1. The fourth-order valence-electron chi connectivity index (χ4n) is 6.21. The van der Waals surface area contributed by atoms with Gasteiger partial charge < -0.3 is 29.5 Å². The Kier molecular flexibility index (Phi) is 13.7. The highest BCUT2D eigenvalue weighted by atomic mass is 32.2. The number of aromatic nitrogens is 5. The molecular formula is C35H46F2N10O4S. The lowest BCUT2D eigenvalue weighted by molar-refractivity contribution is -0.133. The molecule has 0 unspecified atom stereocenters. The lowest BCUT2D eigenvalue weighted by Gasteiger charge is -2.38. The van der Waals surface area contributed by atoms with Crippen molar-refractivity contribution in [1.29, 1.82) is 0 Å². The molecule has 0 atom stereocenters. The third-order valence-electron chi connectivity index (χ3n) is 8.76. The van der Waals surface area contributed by atoms with Crippen molar-refractivity contribution in [2.75, 3.05) is 85.1 Å². The van der Waals surface area contributed by atoms with Gasteiger partial charge in [-0.05, 0) is 76.5 Å². The lowest BCUT2D eigenvalue weighted by Crippen LogP contribution is -2.49. The van der Waals surface area contributed by atoms with Gasteiger partial charge in [0.15, 0.2) is 11.3 Å². The van der Waals surface area contributed by atoms with E-state index in [2.05, 4.69) is 30.3 Å². The predicted molar refractivity (Wildman–Crippen MR) is 195 cm³/mol. The van der Waals surface area contributed by atoms with Crippen LogP contribution in [0.2, 0.25) is 0 Å². The molecule has 2 aliphatic heterocycles. The number of piperidine rings is 1. The van der Waals surface area contributed by atoms with Crippen LogP contribution in [0.5, 0.6) is 5.75 Å². The smallest absolute Gasteiger partial charge is 0.387 e. The van der Waals surface area contributed by atoms with Gasteiger partial charge in [-0.25, -0.2) is 9.50 Å². The van der Waals surface area contributed by atoms with Gasteiger partial charge in [-0.15, -0.1) is 11.8 Å². The number of nitrogens with one attached hydrogen (secondary N) is 1. The third kappa shape index (κ3) is 10.3. The van der Waals surface area contributed by atoms with Crippen LogP contribution in [-0.4, -0.2) is 148 Å². The van der Waals surface area contributed by atoms with Crippen LogP contribution in [0.1, 0.15) is 23.3 Å². The van der Waals surface area contributed by atoms with E-state index in [1.54, 1.807) is 24.3 Å². The zero-order chi connectivity index (χ0) is 37.2.